The Balaban J connectivity index is 1.82. The summed E-state index contributed by atoms with van der Waals surface area (Å²) in [6.45, 7) is 0. The van der Waals surface area contributed by atoms with Gasteiger partial charge in [-0.05, 0) is 46.5 Å². The molecule has 1 heterocycles. The first-order chi connectivity index (χ1) is 12.8. The summed E-state index contributed by atoms with van der Waals surface area (Å²) in [6.07, 6.45) is 3.02. The molecular formula is C24H18O2. The normalized spacial score (nSPS) is 12.9. The third-order valence-corrected chi connectivity index (χ3v) is 5.06. The van der Waals surface area contributed by atoms with Crippen LogP contribution in [0.2, 0.25) is 0 Å². The summed E-state index contributed by atoms with van der Waals surface area (Å²) in [6, 6.07) is 25.1. The zero-order valence-electron chi connectivity index (χ0n) is 14.5. The monoisotopic (exact) mass is 338 g/mol. The summed E-state index contributed by atoms with van der Waals surface area (Å²) in [5.41, 5.74) is 7.01. The van der Waals surface area contributed by atoms with Crippen molar-refractivity contribution in [3.63, 3.8) is 0 Å². The minimum atomic E-state index is 0.846. The van der Waals surface area contributed by atoms with Crippen molar-refractivity contribution < 1.29 is 9.15 Å². The van der Waals surface area contributed by atoms with Crippen LogP contribution in [-0.4, -0.2) is 7.11 Å². The van der Waals surface area contributed by atoms with E-state index in [0.717, 1.165) is 29.1 Å². The summed E-state index contributed by atoms with van der Waals surface area (Å²) < 4.78 is 11.7. The molecule has 0 aliphatic heterocycles. The molecule has 0 spiro atoms. The minimum Gasteiger partial charge on any atom is -0.497 e. The molecule has 0 saturated heterocycles. The maximum atomic E-state index is 6.20. The molecule has 1 aromatic heterocycles. The fourth-order valence-corrected chi connectivity index (χ4v) is 3.76. The zero-order valence-corrected chi connectivity index (χ0v) is 14.5. The van der Waals surface area contributed by atoms with Crippen LogP contribution in [0.3, 0.4) is 0 Å². The quantitative estimate of drug-likeness (QED) is 0.398. The summed E-state index contributed by atoms with van der Waals surface area (Å²) in [4.78, 5) is 0. The highest BCUT2D eigenvalue weighted by Crippen LogP contribution is 2.39. The number of benzene rings is 3. The van der Waals surface area contributed by atoms with Gasteiger partial charge in [-0.3, -0.25) is 0 Å². The Morgan fingerprint density at radius 3 is 2.54 bits per heavy atom. The van der Waals surface area contributed by atoms with Crippen molar-refractivity contribution in [3.05, 3.63) is 101 Å². The van der Waals surface area contributed by atoms with Crippen molar-refractivity contribution in [1.82, 2.24) is 0 Å². The number of ether oxygens (including phenoxy) is 1. The van der Waals surface area contributed by atoms with Gasteiger partial charge in [0, 0.05) is 17.4 Å². The van der Waals surface area contributed by atoms with Crippen molar-refractivity contribution in [2.24, 2.45) is 0 Å². The largest absolute Gasteiger partial charge is 0.497 e. The zero-order chi connectivity index (χ0) is 17.5. The SMILES string of the molecule is COc1ccc2c(c1)C(c1ccccc1)=Cc1oc3ccccc3c1C2. The van der Waals surface area contributed by atoms with Crippen molar-refractivity contribution in [3.8, 4) is 5.75 Å². The third-order valence-electron chi connectivity index (χ3n) is 5.06. The molecule has 3 aromatic carbocycles. The first kappa shape index (κ1) is 15.0. The van der Waals surface area contributed by atoms with Gasteiger partial charge in [0.05, 0.1) is 7.11 Å². The fourth-order valence-electron chi connectivity index (χ4n) is 3.76. The van der Waals surface area contributed by atoms with Crippen LogP contribution in [0.1, 0.15) is 28.0 Å². The second kappa shape index (κ2) is 5.92. The van der Waals surface area contributed by atoms with Gasteiger partial charge in [-0.15, -0.1) is 0 Å². The molecule has 4 aromatic rings. The molecule has 2 heteroatoms. The van der Waals surface area contributed by atoms with Gasteiger partial charge in [-0.25, -0.2) is 0 Å². The fraction of sp³-hybridized carbons (Fsp3) is 0.0833. The Hall–Kier alpha value is -3.26. The van der Waals surface area contributed by atoms with Crippen LogP contribution in [-0.2, 0) is 6.42 Å². The van der Waals surface area contributed by atoms with Gasteiger partial charge in [-0.1, -0.05) is 54.6 Å². The molecule has 0 atom stereocenters. The lowest BCUT2D eigenvalue weighted by Gasteiger charge is -2.13. The minimum absolute atomic E-state index is 0.846. The smallest absolute Gasteiger partial charge is 0.135 e. The average molecular weight is 338 g/mol. The van der Waals surface area contributed by atoms with Crippen LogP contribution >= 0.6 is 0 Å². The lowest BCUT2D eigenvalue weighted by Crippen LogP contribution is -1.96. The first-order valence-corrected chi connectivity index (χ1v) is 8.78. The molecule has 2 nitrogen and oxygen atoms in total. The highest BCUT2D eigenvalue weighted by molar-refractivity contribution is 5.97. The molecule has 0 N–H and O–H groups in total. The number of rotatable bonds is 2. The molecular weight excluding hydrogens is 320 g/mol. The Morgan fingerprint density at radius 1 is 0.885 bits per heavy atom. The van der Waals surface area contributed by atoms with Gasteiger partial charge in [0.15, 0.2) is 0 Å². The van der Waals surface area contributed by atoms with E-state index in [1.165, 1.54) is 27.6 Å². The Morgan fingerprint density at radius 2 is 1.69 bits per heavy atom. The molecule has 1 aliphatic carbocycles. The molecule has 26 heavy (non-hydrogen) atoms. The average Bonchev–Trinajstić information content (AvgIpc) is 2.96. The van der Waals surface area contributed by atoms with Crippen molar-refractivity contribution in [2.45, 2.75) is 6.42 Å². The van der Waals surface area contributed by atoms with Crippen LogP contribution < -0.4 is 4.74 Å². The van der Waals surface area contributed by atoms with E-state index in [9.17, 15) is 0 Å². The lowest BCUT2D eigenvalue weighted by molar-refractivity contribution is 0.414. The van der Waals surface area contributed by atoms with Gasteiger partial charge in [0.2, 0.25) is 0 Å². The Kier molecular flexibility index (Phi) is 3.42. The maximum absolute atomic E-state index is 6.20. The van der Waals surface area contributed by atoms with Crippen LogP contribution in [0.25, 0.3) is 22.6 Å². The van der Waals surface area contributed by atoms with Crippen LogP contribution in [0.5, 0.6) is 5.75 Å². The number of fused-ring (bicyclic) bond motifs is 4. The molecule has 5 rings (SSSR count). The first-order valence-electron chi connectivity index (χ1n) is 8.78. The molecule has 0 radical (unpaired) electrons. The van der Waals surface area contributed by atoms with E-state index < -0.39 is 0 Å². The molecule has 126 valence electrons. The van der Waals surface area contributed by atoms with Crippen molar-refractivity contribution >= 4 is 22.6 Å². The topological polar surface area (TPSA) is 22.4 Å². The summed E-state index contributed by atoms with van der Waals surface area (Å²) in [5, 5.41) is 1.19. The van der Waals surface area contributed by atoms with Crippen LogP contribution in [0.4, 0.5) is 0 Å². The van der Waals surface area contributed by atoms with E-state index in [1.54, 1.807) is 7.11 Å². The van der Waals surface area contributed by atoms with Crippen molar-refractivity contribution in [1.29, 1.82) is 0 Å². The van der Waals surface area contributed by atoms with Gasteiger partial charge in [0.1, 0.15) is 17.1 Å². The molecule has 0 saturated carbocycles. The number of hydrogen-bond acceptors (Lipinski definition) is 2. The molecule has 1 aliphatic rings. The Labute approximate surface area is 152 Å². The number of furan rings is 1. The molecule has 0 bridgehead atoms. The van der Waals surface area contributed by atoms with E-state index in [4.69, 9.17) is 9.15 Å². The van der Waals surface area contributed by atoms with E-state index in [-0.39, 0.29) is 0 Å². The van der Waals surface area contributed by atoms with Crippen molar-refractivity contribution in [2.75, 3.05) is 7.11 Å². The summed E-state index contributed by atoms with van der Waals surface area (Å²) in [5.74, 6) is 1.81. The second-order valence-corrected chi connectivity index (χ2v) is 6.56. The van der Waals surface area contributed by atoms with E-state index in [2.05, 4.69) is 54.6 Å². The number of para-hydroxylation sites is 1. The van der Waals surface area contributed by atoms with Gasteiger partial charge in [-0.2, -0.15) is 0 Å². The molecule has 0 fully saturated rings. The van der Waals surface area contributed by atoms with Crippen LogP contribution in [0, 0.1) is 0 Å². The van der Waals surface area contributed by atoms with Gasteiger partial charge < -0.3 is 9.15 Å². The highest BCUT2D eigenvalue weighted by Gasteiger charge is 2.21. The maximum Gasteiger partial charge on any atom is 0.135 e. The molecule has 0 amide bonds. The lowest BCUT2D eigenvalue weighted by atomic mass is 9.93. The third kappa shape index (κ3) is 2.34. The van der Waals surface area contributed by atoms with Gasteiger partial charge >= 0.3 is 0 Å². The Bertz CT molecular complexity index is 1130. The predicted molar refractivity (Wildman–Crippen MR) is 105 cm³/mol. The molecule has 0 unspecified atom stereocenters. The summed E-state index contributed by atoms with van der Waals surface area (Å²) in [7, 11) is 1.71. The number of hydrogen-bond donors (Lipinski definition) is 0. The van der Waals surface area contributed by atoms with E-state index in [0.29, 0.717) is 0 Å². The standard InChI is InChI=1S/C24H18O2/c1-25-18-12-11-17-13-22-19-9-5-6-10-23(19)26-24(22)15-21(20(17)14-18)16-7-3-2-4-8-16/h2-12,14-15H,13H2,1H3. The van der Waals surface area contributed by atoms with Crippen LogP contribution in [0.15, 0.2) is 77.2 Å². The highest BCUT2D eigenvalue weighted by atomic mass is 16.5. The van der Waals surface area contributed by atoms with E-state index >= 15 is 0 Å². The van der Waals surface area contributed by atoms with Gasteiger partial charge in [0.25, 0.3) is 0 Å². The second-order valence-electron chi connectivity index (χ2n) is 6.56. The van der Waals surface area contributed by atoms with E-state index in [1.807, 2.05) is 24.3 Å². The predicted octanol–water partition coefficient (Wildman–Crippen LogP) is 5.93. The summed E-state index contributed by atoms with van der Waals surface area (Å²) >= 11 is 0. The number of methoxy groups -OCH3 is 1.